The van der Waals surface area contributed by atoms with Crippen molar-refractivity contribution >= 4 is 5.91 Å². The van der Waals surface area contributed by atoms with Crippen LogP contribution in [0.5, 0.6) is 0 Å². The number of hydrogen-bond acceptors (Lipinski definition) is 4. The van der Waals surface area contributed by atoms with Gasteiger partial charge in [0.05, 0.1) is 6.10 Å². The van der Waals surface area contributed by atoms with Crippen LogP contribution in [-0.2, 0) is 4.74 Å². The highest BCUT2D eigenvalue weighted by Gasteiger charge is 2.22. The summed E-state index contributed by atoms with van der Waals surface area (Å²) >= 11 is 0. The summed E-state index contributed by atoms with van der Waals surface area (Å²) in [5.41, 5.74) is 0. The summed E-state index contributed by atoms with van der Waals surface area (Å²) < 4.78 is 5.46. The fourth-order valence-electron chi connectivity index (χ4n) is 1.64. The van der Waals surface area contributed by atoms with Crippen LogP contribution >= 0.6 is 0 Å². The first kappa shape index (κ1) is 10.1. The molecule has 2 heterocycles. The third kappa shape index (κ3) is 2.33. The molecule has 0 saturated carbocycles. The largest absolute Gasteiger partial charge is 0.377 e. The summed E-state index contributed by atoms with van der Waals surface area (Å²) in [6.07, 6.45) is 2.29. The van der Waals surface area contributed by atoms with Crippen LogP contribution in [0.25, 0.3) is 0 Å². The molecule has 1 atom stereocenters. The zero-order valence-electron chi connectivity index (χ0n) is 8.64. The SMILES string of the molecule is CC1CN(C(=O)c2ncn[nH]2)CCCO1. The normalized spacial score (nSPS) is 22.5. The van der Waals surface area contributed by atoms with Gasteiger partial charge in [0.15, 0.2) is 0 Å². The van der Waals surface area contributed by atoms with E-state index in [1.54, 1.807) is 4.90 Å². The molecule has 82 valence electrons. The van der Waals surface area contributed by atoms with Crippen molar-refractivity contribution < 1.29 is 9.53 Å². The van der Waals surface area contributed by atoms with Crippen molar-refractivity contribution in [3.05, 3.63) is 12.2 Å². The van der Waals surface area contributed by atoms with Crippen LogP contribution in [-0.4, -0.2) is 51.8 Å². The molecule has 6 heteroatoms. The maximum atomic E-state index is 11.9. The van der Waals surface area contributed by atoms with Crippen LogP contribution in [0.2, 0.25) is 0 Å². The maximum absolute atomic E-state index is 11.9. The molecule has 2 rings (SSSR count). The highest BCUT2D eigenvalue weighted by atomic mass is 16.5. The Balaban J connectivity index is 2.06. The van der Waals surface area contributed by atoms with Crippen molar-refractivity contribution in [3.63, 3.8) is 0 Å². The van der Waals surface area contributed by atoms with E-state index in [0.717, 1.165) is 6.42 Å². The molecule has 1 fully saturated rings. The highest BCUT2D eigenvalue weighted by molar-refractivity contribution is 5.90. The van der Waals surface area contributed by atoms with Crippen LogP contribution in [0.15, 0.2) is 6.33 Å². The smallest absolute Gasteiger partial charge is 0.291 e. The van der Waals surface area contributed by atoms with Gasteiger partial charge in [-0.25, -0.2) is 4.98 Å². The number of carbonyl (C=O) groups is 1. The third-order valence-corrected chi connectivity index (χ3v) is 2.36. The van der Waals surface area contributed by atoms with E-state index >= 15 is 0 Å². The summed E-state index contributed by atoms with van der Waals surface area (Å²) in [6.45, 7) is 4.00. The molecule has 0 aromatic carbocycles. The van der Waals surface area contributed by atoms with Crippen LogP contribution in [0.4, 0.5) is 0 Å². The minimum Gasteiger partial charge on any atom is -0.377 e. The Bertz CT molecular complexity index is 325. The van der Waals surface area contributed by atoms with Crippen LogP contribution in [0.3, 0.4) is 0 Å². The lowest BCUT2D eigenvalue weighted by atomic mass is 10.3. The second kappa shape index (κ2) is 4.39. The first-order chi connectivity index (χ1) is 7.27. The zero-order chi connectivity index (χ0) is 10.7. The molecule has 1 aromatic rings. The molecule has 1 saturated heterocycles. The van der Waals surface area contributed by atoms with Gasteiger partial charge in [-0.05, 0) is 13.3 Å². The topological polar surface area (TPSA) is 71.1 Å². The number of nitrogens with zero attached hydrogens (tertiary/aromatic N) is 3. The average molecular weight is 210 g/mol. The van der Waals surface area contributed by atoms with Crippen molar-refractivity contribution in [1.29, 1.82) is 0 Å². The van der Waals surface area contributed by atoms with Crippen molar-refractivity contribution in [2.24, 2.45) is 0 Å². The molecular formula is C9H14N4O2. The van der Waals surface area contributed by atoms with Crippen molar-refractivity contribution in [2.75, 3.05) is 19.7 Å². The summed E-state index contributed by atoms with van der Waals surface area (Å²) in [5, 5.41) is 6.24. The molecule has 1 unspecified atom stereocenters. The molecular weight excluding hydrogens is 196 g/mol. The molecule has 1 N–H and O–H groups in total. The van der Waals surface area contributed by atoms with E-state index in [1.807, 2.05) is 6.92 Å². The second-order valence-electron chi connectivity index (χ2n) is 3.62. The quantitative estimate of drug-likeness (QED) is 0.711. The van der Waals surface area contributed by atoms with Crippen molar-refractivity contribution in [2.45, 2.75) is 19.4 Å². The Hall–Kier alpha value is -1.43. The minimum atomic E-state index is -0.107. The minimum absolute atomic E-state index is 0.0828. The zero-order valence-corrected chi connectivity index (χ0v) is 8.64. The standard InChI is InChI=1S/C9H14N4O2/c1-7-5-13(3-2-4-15-7)9(14)8-10-6-11-12-8/h6-7H,2-5H2,1H3,(H,10,11,12). The van der Waals surface area contributed by atoms with Gasteiger partial charge >= 0.3 is 0 Å². The lowest BCUT2D eigenvalue weighted by Crippen LogP contribution is -2.36. The highest BCUT2D eigenvalue weighted by Crippen LogP contribution is 2.07. The fraction of sp³-hybridized carbons (Fsp3) is 0.667. The van der Waals surface area contributed by atoms with Gasteiger partial charge in [-0.3, -0.25) is 9.89 Å². The average Bonchev–Trinajstić information content (AvgIpc) is 2.67. The van der Waals surface area contributed by atoms with Gasteiger partial charge in [0.25, 0.3) is 5.91 Å². The molecule has 0 aliphatic carbocycles. The Morgan fingerprint density at radius 3 is 3.33 bits per heavy atom. The second-order valence-corrected chi connectivity index (χ2v) is 3.62. The van der Waals surface area contributed by atoms with Crippen molar-refractivity contribution in [1.82, 2.24) is 20.1 Å². The van der Waals surface area contributed by atoms with Crippen LogP contribution in [0.1, 0.15) is 24.0 Å². The molecule has 1 aromatic heterocycles. The van der Waals surface area contributed by atoms with Gasteiger partial charge in [0, 0.05) is 19.7 Å². The molecule has 1 aliphatic rings. The summed E-state index contributed by atoms with van der Waals surface area (Å²) in [5.74, 6) is 0.189. The fourth-order valence-corrected chi connectivity index (χ4v) is 1.64. The van der Waals surface area contributed by atoms with E-state index in [9.17, 15) is 4.79 Å². The number of aromatic nitrogens is 3. The molecule has 6 nitrogen and oxygen atoms in total. The Kier molecular flexibility index (Phi) is 2.96. The first-order valence-corrected chi connectivity index (χ1v) is 5.03. The lowest BCUT2D eigenvalue weighted by Gasteiger charge is -2.20. The molecule has 0 radical (unpaired) electrons. The van der Waals surface area contributed by atoms with Gasteiger partial charge in [-0.1, -0.05) is 0 Å². The van der Waals surface area contributed by atoms with E-state index in [0.29, 0.717) is 25.5 Å². The number of nitrogens with one attached hydrogen (secondary N) is 1. The predicted octanol–water partition coefficient (Wildman–Crippen LogP) is 0.0557. The first-order valence-electron chi connectivity index (χ1n) is 5.03. The predicted molar refractivity (Wildman–Crippen MR) is 52.3 cm³/mol. The number of amides is 1. The number of carbonyl (C=O) groups excluding carboxylic acids is 1. The molecule has 1 amide bonds. The van der Waals surface area contributed by atoms with E-state index in [1.165, 1.54) is 6.33 Å². The van der Waals surface area contributed by atoms with Gasteiger partial charge in [0.1, 0.15) is 6.33 Å². The third-order valence-electron chi connectivity index (χ3n) is 2.36. The maximum Gasteiger partial charge on any atom is 0.291 e. The van der Waals surface area contributed by atoms with Gasteiger partial charge in [-0.2, -0.15) is 5.10 Å². The number of rotatable bonds is 1. The van der Waals surface area contributed by atoms with Crippen molar-refractivity contribution in [3.8, 4) is 0 Å². The Morgan fingerprint density at radius 1 is 1.73 bits per heavy atom. The van der Waals surface area contributed by atoms with E-state index in [-0.39, 0.29) is 12.0 Å². The summed E-state index contributed by atoms with van der Waals surface area (Å²) in [4.78, 5) is 17.5. The van der Waals surface area contributed by atoms with Crippen LogP contribution in [0, 0.1) is 0 Å². The molecule has 0 bridgehead atoms. The summed E-state index contributed by atoms with van der Waals surface area (Å²) in [6, 6.07) is 0. The number of ether oxygens (including phenoxy) is 1. The number of aromatic amines is 1. The van der Waals surface area contributed by atoms with E-state index in [2.05, 4.69) is 15.2 Å². The Morgan fingerprint density at radius 2 is 2.60 bits per heavy atom. The van der Waals surface area contributed by atoms with Crippen LogP contribution < -0.4 is 0 Å². The number of H-pyrrole nitrogens is 1. The summed E-state index contributed by atoms with van der Waals surface area (Å²) in [7, 11) is 0. The number of hydrogen-bond donors (Lipinski definition) is 1. The monoisotopic (exact) mass is 210 g/mol. The molecule has 0 spiro atoms. The van der Waals surface area contributed by atoms with Gasteiger partial charge in [-0.15, -0.1) is 0 Å². The lowest BCUT2D eigenvalue weighted by molar-refractivity contribution is 0.0556. The van der Waals surface area contributed by atoms with E-state index in [4.69, 9.17) is 4.74 Å². The molecule has 15 heavy (non-hydrogen) atoms. The molecule has 1 aliphatic heterocycles. The Labute approximate surface area is 87.6 Å². The van der Waals surface area contributed by atoms with E-state index < -0.39 is 0 Å². The van der Waals surface area contributed by atoms with Gasteiger partial charge in [0.2, 0.25) is 5.82 Å². The van der Waals surface area contributed by atoms with Gasteiger partial charge < -0.3 is 9.64 Å².